The fourth-order valence-corrected chi connectivity index (χ4v) is 2.27. The fourth-order valence-electron chi connectivity index (χ4n) is 1.86. The Bertz CT molecular complexity index is 537. The Hall–Kier alpha value is -1.56. The zero-order valence-electron chi connectivity index (χ0n) is 13.7. The summed E-state index contributed by atoms with van der Waals surface area (Å²) in [6, 6.07) is 7.88. The van der Waals surface area contributed by atoms with E-state index in [1.54, 1.807) is 11.9 Å². The minimum absolute atomic E-state index is 0.0445. The molecule has 1 aromatic carbocycles. The van der Waals surface area contributed by atoms with Crippen molar-refractivity contribution >= 4 is 27.8 Å². The van der Waals surface area contributed by atoms with Gasteiger partial charge in [0.2, 0.25) is 5.91 Å². The molecule has 0 aliphatic rings. The van der Waals surface area contributed by atoms with Gasteiger partial charge in [-0.25, -0.2) is 0 Å². The first-order chi connectivity index (χ1) is 10.2. The second kappa shape index (κ2) is 8.17. The maximum Gasteiger partial charge on any atom is 0.224 e. The Kier molecular flexibility index (Phi) is 6.87. The Balaban J connectivity index is 2.45. The van der Waals surface area contributed by atoms with Crippen LogP contribution < -0.4 is 11.1 Å². The highest BCUT2D eigenvalue weighted by Crippen LogP contribution is 2.17. The molecule has 0 fully saturated rings. The van der Waals surface area contributed by atoms with E-state index in [2.05, 4.69) is 26.2 Å². The maximum atomic E-state index is 12.1. The highest BCUT2D eigenvalue weighted by atomic mass is 79.9. The first-order valence-corrected chi connectivity index (χ1v) is 8.04. The van der Waals surface area contributed by atoms with Gasteiger partial charge in [0.05, 0.1) is 6.54 Å². The lowest BCUT2D eigenvalue weighted by Gasteiger charge is -2.21. The number of carbonyl (C=O) groups is 1. The van der Waals surface area contributed by atoms with E-state index in [0.29, 0.717) is 25.5 Å². The summed E-state index contributed by atoms with van der Waals surface area (Å²) in [4.78, 5) is 18.0. The number of nitrogens with one attached hydrogen (secondary N) is 1. The van der Waals surface area contributed by atoms with Gasteiger partial charge in [-0.05, 0) is 32.4 Å². The van der Waals surface area contributed by atoms with Gasteiger partial charge in [-0.1, -0.05) is 34.1 Å². The molecule has 6 heteroatoms. The summed E-state index contributed by atoms with van der Waals surface area (Å²) in [6.45, 7) is 6.97. The minimum atomic E-state index is -0.131. The molecule has 1 amide bonds. The van der Waals surface area contributed by atoms with Crippen molar-refractivity contribution in [2.45, 2.75) is 39.3 Å². The van der Waals surface area contributed by atoms with Crippen molar-refractivity contribution in [1.82, 2.24) is 10.2 Å². The van der Waals surface area contributed by atoms with Crippen LogP contribution in [0.2, 0.25) is 0 Å². The van der Waals surface area contributed by atoms with Gasteiger partial charge in [-0.3, -0.25) is 9.79 Å². The number of halogens is 1. The highest BCUT2D eigenvalue weighted by molar-refractivity contribution is 9.10. The van der Waals surface area contributed by atoms with E-state index in [-0.39, 0.29) is 11.4 Å². The molecule has 122 valence electrons. The molecule has 0 atom stereocenters. The average molecular weight is 369 g/mol. The third kappa shape index (κ3) is 6.93. The summed E-state index contributed by atoms with van der Waals surface area (Å²) in [5, 5.41) is 3.07. The monoisotopic (exact) mass is 368 g/mol. The lowest BCUT2D eigenvalue weighted by molar-refractivity contribution is -0.130. The number of guanidine groups is 1. The molecule has 5 nitrogen and oxygen atoms in total. The van der Waals surface area contributed by atoms with Gasteiger partial charge in [0.15, 0.2) is 5.96 Å². The number of nitrogens with zero attached hydrogens (tertiary/aromatic N) is 2. The van der Waals surface area contributed by atoms with E-state index in [1.165, 1.54) is 0 Å². The second-order valence-corrected chi connectivity index (χ2v) is 7.09. The van der Waals surface area contributed by atoms with Gasteiger partial charge in [0.25, 0.3) is 0 Å². The number of benzene rings is 1. The summed E-state index contributed by atoms with van der Waals surface area (Å²) in [6.07, 6.45) is 0.341. The largest absolute Gasteiger partial charge is 0.370 e. The molecule has 0 saturated carbocycles. The number of rotatable bonds is 5. The average Bonchev–Trinajstić information content (AvgIpc) is 2.39. The van der Waals surface area contributed by atoms with E-state index >= 15 is 0 Å². The summed E-state index contributed by atoms with van der Waals surface area (Å²) < 4.78 is 1.01. The Labute approximate surface area is 141 Å². The van der Waals surface area contributed by atoms with E-state index < -0.39 is 0 Å². The predicted octanol–water partition coefficient (Wildman–Crippen LogP) is 2.50. The third-order valence-electron chi connectivity index (χ3n) is 2.90. The summed E-state index contributed by atoms with van der Waals surface area (Å²) in [5.41, 5.74) is 6.72. The highest BCUT2D eigenvalue weighted by Gasteiger charge is 2.12. The summed E-state index contributed by atoms with van der Waals surface area (Å²) in [5.74, 6) is 0.414. The van der Waals surface area contributed by atoms with Crippen molar-refractivity contribution in [2.24, 2.45) is 10.7 Å². The summed E-state index contributed by atoms with van der Waals surface area (Å²) >= 11 is 3.49. The number of hydrogen-bond donors (Lipinski definition) is 2. The molecular formula is C16H25BrN4O. The first-order valence-electron chi connectivity index (χ1n) is 7.24. The maximum absolute atomic E-state index is 12.1. The van der Waals surface area contributed by atoms with Gasteiger partial charge < -0.3 is 16.0 Å². The van der Waals surface area contributed by atoms with Crippen LogP contribution in [0.4, 0.5) is 0 Å². The minimum Gasteiger partial charge on any atom is -0.370 e. The third-order valence-corrected chi connectivity index (χ3v) is 3.68. The fraction of sp³-hybridized carbons (Fsp3) is 0.500. The smallest absolute Gasteiger partial charge is 0.224 e. The predicted molar refractivity (Wildman–Crippen MR) is 94.6 cm³/mol. The first kappa shape index (κ1) is 18.5. The van der Waals surface area contributed by atoms with Crippen molar-refractivity contribution in [3.05, 3.63) is 34.3 Å². The molecule has 22 heavy (non-hydrogen) atoms. The van der Waals surface area contributed by atoms with Gasteiger partial charge in [-0.15, -0.1) is 0 Å². The molecule has 0 aliphatic heterocycles. The van der Waals surface area contributed by atoms with Crippen molar-refractivity contribution in [3.8, 4) is 0 Å². The van der Waals surface area contributed by atoms with Crippen LogP contribution in [0.25, 0.3) is 0 Å². The van der Waals surface area contributed by atoms with Crippen LogP contribution in [0.15, 0.2) is 33.7 Å². The SMILES string of the molecule is CN(Cc1ccccc1Br)C(=O)CCN=C(N)NC(C)(C)C. The number of aliphatic imine (C=N–C) groups is 1. The van der Waals surface area contributed by atoms with E-state index in [9.17, 15) is 4.79 Å². The quantitative estimate of drug-likeness (QED) is 0.619. The Morgan fingerprint density at radius 2 is 2.00 bits per heavy atom. The molecule has 3 N–H and O–H groups in total. The standard InChI is InChI=1S/C16H25BrN4O/c1-16(2,3)20-15(18)19-10-9-14(22)21(4)11-12-7-5-6-8-13(12)17/h5-8H,9-11H2,1-4H3,(H3,18,19,20). The lowest BCUT2D eigenvalue weighted by Crippen LogP contribution is -2.45. The molecule has 1 rings (SSSR count). The number of carbonyl (C=O) groups excluding carboxylic acids is 1. The molecule has 0 heterocycles. The van der Waals surface area contributed by atoms with Gasteiger partial charge in [-0.2, -0.15) is 0 Å². The van der Waals surface area contributed by atoms with E-state index in [1.807, 2.05) is 45.0 Å². The number of nitrogens with two attached hydrogens (primary N) is 1. The topological polar surface area (TPSA) is 70.7 Å². The van der Waals surface area contributed by atoms with Crippen molar-refractivity contribution < 1.29 is 4.79 Å². The zero-order valence-corrected chi connectivity index (χ0v) is 15.3. The Morgan fingerprint density at radius 3 is 2.59 bits per heavy atom. The van der Waals surface area contributed by atoms with Crippen LogP contribution in [0.3, 0.4) is 0 Å². The number of hydrogen-bond acceptors (Lipinski definition) is 2. The molecule has 0 saturated heterocycles. The van der Waals surface area contributed by atoms with Gasteiger partial charge in [0, 0.05) is 30.0 Å². The molecule has 0 aromatic heterocycles. The lowest BCUT2D eigenvalue weighted by atomic mass is 10.1. The van der Waals surface area contributed by atoms with E-state index in [0.717, 1.165) is 10.0 Å². The Morgan fingerprint density at radius 1 is 1.36 bits per heavy atom. The van der Waals surface area contributed by atoms with Crippen LogP contribution in [0.1, 0.15) is 32.8 Å². The molecule has 0 radical (unpaired) electrons. The molecule has 0 aliphatic carbocycles. The molecule has 1 aromatic rings. The van der Waals surface area contributed by atoms with E-state index in [4.69, 9.17) is 5.73 Å². The van der Waals surface area contributed by atoms with Gasteiger partial charge in [0.1, 0.15) is 0 Å². The van der Waals surface area contributed by atoms with Crippen molar-refractivity contribution in [3.63, 3.8) is 0 Å². The summed E-state index contributed by atoms with van der Waals surface area (Å²) in [7, 11) is 1.79. The van der Waals surface area contributed by atoms with Crippen LogP contribution in [0.5, 0.6) is 0 Å². The molecular weight excluding hydrogens is 344 g/mol. The zero-order chi connectivity index (χ0) is 16.8. The van der Waals surface area contributed by atoms with Gasteiger partial charge >= 0.3 is 0 Å². The van der Waals surface area contributed by atoms with Crippen molar-refractivity contribution in [1.29, 1.82) is 0 Å². The van der Waals surface area contributed by atoms with Crippen molar-refractivity contribution in [2.75, 3.05) is 13.6 Å². The molecule has 0 unspecified atom stereocenters. The number of amides is 1. The second-order valence-electron chi connectivity index (χ2n) is 6.23. The van der Waals surface area contributed by atoms with Crippen LogP contribution >= 0.6 is 15.9 Å². The molecule has 0 spiro atoms. The molecule has 0 bridgehead atoms. The normalized spacial score (nSPS) is 12.1. The van der Waals surface area contributed by atoms with Crippen LogP contribution in [0, 0.1) is 0 Å². The van der Waals surface area contributed by atoms with Crippen LogP contribution in [-0.4, -0.2) is 35.9 Å². The van der Waals surface area contributed by atoms with Crippen LogP contribution in [-0.2, 0) is 11.3 Å².